The lowest BCUT2D eigenvalue weighted by Gasteiger charge is -2.45. The molecule has 2 heterocycles. The lowest BCUT2D eigenvalue weighted by Crippen LogP contribution is -2.59. The van der Waals surface area contributed by atoms with Crippen LogP contribution in [0.4, 0.5) is 0 Å². The molecular weight excluding hydrogens is 280 g/mol. The Labute approximate surface area is 130 Å². The lowest BCUT2D eigenvalue weighted by atomic mass is 9.73. The standard InChI is InChI=1S/C17H22N2O3/c18-15(20)14-11-19(12-14)16(21)17(6-8-22-9-7-17)10-13-4-2-1-3-5-13/h1-5,14H,6-12H2,(H2,18,20). The topological polar surface area (TPSA) is 72.6 Å². The summed E-state index contributed by atoms with van der Waals surface area (Å²) >= 11 is 0. The molecule has 2 saturated heterocycles. The van der Waals surface area contributed by atoms with Crippen LogP contribution in [0, 0.1) is 11.3 Å². The molecule has 5 nitrogen and oxygen atoms in total. The molecule has 0 radical (unpaired) electrons. The molecule has 0 unspecified atom stereocenters. The Morgan fingerprint density at radius 3 is 2.41 bits per heavy atom. The van der Waals surface area contributed by atoms with Gasteiger partial charge >= 0.3 is 0 Å². The largest absolute Gasteiger partial charge is 0.381 e. The quantitative estimate of drug-likeness (QED) is 0.900. The summed E-state index contributed by atoms with van der Waals surface area (Å²) in [5.41, 5.74) is 6.07. The number of amides is 2. The number of ether oxygens (including phenoxy) is 1. The van der Waals surface area contributed by atoms with E-state index in [0.717, 1.165) is 19.3 Å². The van der Waals surface area contributed by atoms with Crippen molar-refractivity contribution in [2.24, 2.45) is 17.1 Å². The van der Waals surface area contributed by atoms with E-state index in [1.165, 1.54) is 5.56 Å². The Hall–Kier alpha value is -1.88. The van der Waals surface area contributed by atoms with E-state index in [9.17, 15) is 9.59 Å². The summed E-state index contributed by atoms with van der Waals surface area (Å²) in [5, 5.41) is 0. The Balaban J connectivity index is 1.75. The zero-order chi connectivity index (χ0) is 15.6. The number of likely N-dealkylation sites (tertiary alicyclic amines) is 1. The summed E-state index contributed by atoms with van der Waals surface area (Å²) in [4.78, 5) is 25.9. The molecule has 0 saturated carbocycles. The molecule has 2 aliphatic rings. The average Bonchev–Trinajstić information content (AvgIpc) is 2.47. The summed E-state index contributed by atoms with van der Waals surface area (Å²) in [6.45, 7) is 2.16. The van der Waals surface area contributed by atoms with Crippen LogP contribution in [0.1, 0.15) is 18.4 Å². The highest BCUT2D eigenvalue weighted by atomic mass is 16.5. The van der Waals surface area contributed by atoms with Crippen LogP contribution in [0.5, 0.6) is 0 Å². The maximum atomic E-state index is 13.0. The van der Waals surface area contributed by atoms with E-state index in [4.69, 9.17) is 10.5 Å². The van der Waals surface area contributed by atoms with Gasteiger partial charge in [0, 0.05) is 26.3 Å². The van der Waals surface area contributed by atoms with Gasteiger partial charge in [-0.3, -0.25) is 9.59 Å². The summed E-state index contributed by atoms with van der Waals surface area (Å²) in [7, 11) is 0. The Morgan fingerprint density at radius 1 is 1.18 bits per heavy atom. The molecule has 2 aliphatic heterocycles. The van der Waals surface area contributed by atoms with Crippen molar-refractivity contribution in [3.8, 4) is 0 Å². The van der Waals surface area contributed by atoms with Gasteiger partial charge in [0.1, 0.15) is 0 Å². The van der Waals surface area contributed by atoms with Crippen molar-refractivity contribution in [2.45, 2.75) is 19.3 Å². The number of carbonyl (C=O) groups is 2. The van der Waals surface area contributed by atoms with Gasteiger partial charge in [0.05, 0.1) is 11.3 Å². The maximum Gasteiger partial charge on any atom is 0.229 e. The number of primary amides is 1. The number of nitrogens with zero attached hydrogens (tertiary/aromatic N) is 1. The molecule has 2 amide bonds. The fourth-order valence-electron chi connectivity index (χ4n) is 3.37. The smallest absolute Gasteiger partial charge is 0.229 e. The predicted molar refractivity (Wildman–Crippen MR) is 81.9 cm³/mol. The number of hydrogen-bond donors (Lipinski definition) is 1. The van der Waals surface area contributed by atoms with Gasteiger partial charge in [-0.15, -0.1) is 0 Å². The van der Waals surface area contributed by atoms with Crippen LogP contribution in [0.15, 0.2) is 30.3 Å². The third kappa shape index (κ3) is 2.86. The van der Waals surface area contributed by atoms with Crippen molar-refractivity contribution >= 4 is 11.8 Å². The first kappa shape index (κ1) is 15.0. The van der Waals surface area contributed by atoms with Crippen LogP contribution >= 0.6 is 0 Å². The summed E-state index contributed by atoms with van der Waals surface area (Å²) in [6.07, 6.45) is 2.20. The fourth-order valence-corrected chi connectivity index (χ4v) is 3.37. The molecular formula is C17H22N2O3. The Kier molecular flexibility index (Phi) is 4.16. The molecule has 0 atom stereocenters. The van der Waals surface area contributed by atoms with Crippen molar-refractivity contribution in [3.05, 3.63) is 35.9 Å². The highest BCUT2D eigenvalue weighted by Gasteiger charge is 2.46. The Morgan fingerprint density at radius 2 is 1.82 bits per heavy atom. The molecule has 0 spiro atoms. The minimum atomic E-state index is -0.401. The molecule has 1 aromatic carbocycles. The van der Waals surface area contributed by atoms with Crippen molar-refractivity contribution in [1.82, 2.24) is 4.90 Å². The van der Waals surface area contributed by atoms with Gasteiger partial charge in [-0.2, -0.15) is 0 Å². The van der Waals surface area contributed by atoms with E-state index in [1.807, 2.05) is 18.2 Å². The lowest BCUT2D eigenvalue weighted by molar-refractivity contribution is -0.156. The first-order valence-corrected chi connectivity index (χ1v) is 7.81. The molecule has 0 aromatic heterocycles. The second-order valence-electron chi connectivity index (χ2n) is 6.36. The maximum absolute atomic E-state index is 13.0. The van der Waals surface area contributed by atoms with E-state index in [1.54, 1.807) is 4.90 Å². The van der Waals surface area contributed by atoms with Gasteiger partial charge in [-0.05, 0) is 24.8 Å². The van der Waals surface area contributed by atoms with Crippen molar-refractivity contribution in [3.63, 3.8) is 0 Å². The number of benzene rings is 1. The second-order valence-corrected chi connectivity index (χ2v) is 6.36. The molecule has 22 heavy (non-hydrogen) atoms. The van der Waals surface area contributed by atoms with Crippen LogP contribution in [0.3, 0.4) is 0 Å². The number of carbonyl (C=O) groups excluding carboxylic acids is 2. The van der Waals surface area contributed by atoms with Gasteiger partial charge in [0.2, 0.25) is 11.8 Å². The van der Waals surface area contributed by atoms with Crippen LogP contribution in [-0.2, 0) is 20.7 Å². The van der Waals surface area contributed by atoms with Crippen LogP contribution in [-0.4, -0.2) is 43.0 Å². The van der Waals surface area contributed by atoms with Gasteiger partial charge in [-0.1, -0.05) is 30.3 Å². The van der Waals surface area contributed by atoms with E-state index in [0.29, 0.717) is 26.3 Å². The third-order valence-corrected chi connectivity index (χ3v) is 4.86. The SMILES string of the molecule is NC(=O)C1CN(C(=O)C2(Cc3ccccc3)CCOCC2)C1. The van der Waals surface area contributed by atoms with Gasteiger partial charge in [-0.25, -0.2) is 0 Å². The molecule has 2 N–H and O–H groups in total. The molecule has 3 rings (SSSR count). The van der Waals surface area contributed by atoms with Gasteiger partial charge in [0.15, 0.2) is 0 Å². The summed E-state index contributed by atoms with van der Waals surface area (Å²) in [5.74, 6) is -0.345. The number of nitrogens with two attached hydrogens (primary N) is 1. The van der Waals surface area contributed by atoms with Gasteiger partial charge in [0.25, 0.3) is 0 Å². The second kappa shape index (κ2) is 6.08. The molecule has 1 aromatic rings. The Bertz CT molecular complexity index is 546. The van der Waals surface area contributed by atoms with Crippen molar-refractivity contribution < 1.29 is 14.3 Å². The van der Waals surface area contributed by atoms with Crippen molar-refractivity contribution in [2.75, 3.05) is 26.3 Å². The monoisotopic (exact) mass is 302 g/mol. The van der Waals surface area contributed by atoms with E-state index >= 15 is 0 Å². The number of rotatable bonds is 4. The number of hydrogen-bond acceptors (Lipinski definition) is 3. The zero-order valence-electron chi connectivity index (χ0n) is 12.7. The van der Waals surface area contributed by atoms with E-state index < -0.39 is 5.41 Å². The van der Waals surface area contributed by atoms with Gasteiger partial charge < -0.3 is 15.4 Å². The highest BCUT2D eigenvalue weighted by Crippen LogP contribution is 2.38. The predicted octanol–water partition coefficient (Wildman–Crippen LogP) is 0.970. The molecule has 0 bridgehead atoms. The first-order valence-electron chi connectivity index (χ1n) is 7.81. The van der Waals surface area contributed by atoms with Crippen molar-refractivity contribution in [1.29, 1.82) is 0 Å². The normalized spacial score (nSPS) is 21.2. The van der Waals surface area contributed by atoms with Crippen LogP contribution in [0.25, 0.3) is 0 Å². The van der Waals surface area contributed by atoms with E-state index in [2.05, 4.69) is 12.1 Å². The van der Waals surface area contributed by atoms with Crippen LogP contribution < -0.4 is 5.73 Å². The minimum absolute atomic E-state index is 0.150. The molecule has 0 aliphatic carbocycles. The average molecular weight is 302 g/mol. The molecule has 2 fully saturated rings. The van der Waals surface area contributed by atoms with Crippen LogP contribution in [0.2, 0.25) is 0 Å². The summed E-state index contributed by atoms with van der Waals surface area (Å²) in [6, 6.07) is 10.1. The third-order valence-electron chi connectivity index (χ3n) is 4.86. The minimum Gasteiger partial charge on any atom is -0.381 e. The van der Waals surface area contributed by atoms with E-state index in [-0.39, 0.29) is 17.7 Å². The first-order chi connectivity index (χ1) is 10.6. The summed E-state index contributed by atoms with van der Waals surface area (Å²) < 4.78 is 5.46. The highest BCUT2D eigenvalue weighted by molar-refractivity contribution is 5.87. The zero-order valence-corrected chi connectivity index (χ0v) is 12.7. The molecule has 118 valence electrons. The fraction of sp³-hybridized carbons (Fsp3) is 0.529. The molecule has 5 heteroatoms.